The number of allylic oxidation sites excluding steroid dienone is 1. The Morgan fingerprint density at radius 3 is 2.59 bits per heavy atom. The zero-order chi connectivity index (χ0) is 15.3. The molecule has 0 aliphatic heterocycles. The first kappa shape index (κ1) is 15.3. The summed E-state index contributed by atoms with van der Waals surface area (Å²) in [6.45, 7) is 0.767. The number of aromatic nitrogens is 1. The summed E-state index contributed by atoms with van der Waals surface area (Å²) >= 11 is 0. The second-order valence-corrected chi connectivity index (χ2v) is 6.78. The van der Waals surface area contributed by atoms with Gasteiger partial charge in [-0.15, -0.1) is 0 Å². The summed E-state index contributed by atoms with van der Waals surface area (Å²) in [7, 11) is 0. The topological polar surface area (TPSA) is 42.0 Å². The molecule has 0 atom stereocenters. The van der Waals surface area contributed by atoms with Crippen LogP contribution >= 0.6 is 0 Å². The van der Waals surface area contributed by atoms with Crippen molar-refractivity contribution in [3.63, 3.8) is 0 Å². The Morgan fingerprint density at radius 2 is 1.91 bits per heavy atom. The summed E-state index contributed by atoms with van der Waals surface area (Å²) in [5.74, 6) is 0.188. The highest BCUT2D eigenvalue weighted by molar-refractivity contribution is 5.78. The first-order valence-electron chi connectivity index (χ1n) is 8.64. The van der Waals surface area contributed by atoms with Crippen LogP contribution in [0.3, 0.4) is 0 Å². The maximum atomic E-state index is 12.3. The molecule has 2 aliphatic rings. The van der Waals surface area contributed by atoms with Gasteiger partial charge in [-0.05, 0) is 56.2 Å². The molecule has 2 aliphatic carbocycles. The smallest absolute Gasteiger partial charge is 0.224 e. The maximum absolute atomic E-state index is 12.3. The minimum atomic E-state index is 0.125. The number of rotatable bonds is 5. The van der Waals surface area contributed by atoms with Crippen LogP contribution in [0.2, 0.25) is 0 Å². The van der Waals surface area contributed by atoms with Gasteiger partial charge >= 0.3 is 0 Å². The summed E-state index contributed by atoms with van der Waals surface area (Å²) in [6, 6.07) is 4.22. The normalized spacial score (nSPS) is 20.5. The van der Waals surface area contributed by atoms with Crippen LogP contribution in [-0.4, -0.2) is 17.4 Å². The molecule has 1 N–H and O–H groups in total. The van der Waals surface area contributed by atoms with Crippen molar-refractivity contribution < 1.29 is 4.79 Å². The number of hydrogen-bond donors (Lipinski definition) is 1. The summed E-state index contributed by atoms with van der Waals surface area (Å²) in [5, 5.41) is 3.21. The molecule has 3 heteroatoms. The Morgan fingerprint density at radius 1 is 1.14 bits per heavy atom. The van der Waals surface area contributed by atoms with Gasteiger partial charge in [0.15, 0.2) is 0 Å². The third-order valence-corrected chi connectivity index (χ3v) is 5.25. The van der Waals surface area contributed by atoms with Gasteiger partial charge in [0.1, 0.15) is 0 Å². The summed E-state index contributed by atoms with van der Waals surface area (Å²) in [4.78, 5) is 16.4. The van der Waals surface area contributed by atoms with E-state index in [1.165, 1.54) is 49.7 Å². The van der Waals surface area contributed by atoms with E-state index in [1.54, 1.807) is 0 Å². The predicted molar refractivity (Wildman–Crippen MR) is 88.6 cm³/mol. The summed E-state index contributed by atoms with van der Waals surface area (Å²) < 4.78 is 0. The second kappa shape index (κ2) is 7.08. The van der Waals surface area contributed by atoms with Gasteiger partial charge in [-0.25, -0.2) is 0 Å². The van der Waals surface area contributed by atoms with Gasteiger partial charge in [0.05, 0.1) is 0 Å². The zero-order valence-corrected chi connectivity index (χ0v) is 13.3. The Hall–Kier alpha value is -1.64. The molecule has 0 unspecified atom stereocenters. The van der Waals surface area contributed by atoms with Crippen molar-refractivity contribution in [3.05, 3.63) is 41.7 Å². The van der Waals surface area contributed by atoms with E-state index in [0.29, 0.717) is 6.42 Å². The molecular formula is C19H26N2O. The molecule has 0 spiro atoms. The first-order valence-corrected chi connectivity index (χ1v) is 8.64. The van der Waals surface area contributed by atoms with Gasteiger partial charge in [-0.2, -0.15) is 0 Å². The Labute approximate surface area is 133 Å². The molecule has 3 rings (SSSR count). The van der Waals surface area contributed by atoms with E-state index in [0.717, 1.165) is 19.4 Å². The van der Waals surface area contributed by atoms with Crippen LogP contribution in [-0.2, 0) is 10.2 Å². The van der Waals surface area contributed by atoms with Crippen molar-refractivity contribution in [2.24, 2.45) is 0 Å². The number of pyridine rings is 1. The highest BCUT2D eigenvalue weighted by Gasteiger charge is 2.35. The minimum absolute atomic E-state index is 0.125. The fourth-order valence-electron chi connectivity index (χ4n) is 3.93. The average Bonchev–Trinajstić information content (AvgIpc) is 3.05. The lowest BCUT2D eigenvalue weighted by Crippen LogP contribution is -2.39. The van der Waals surface area contributed by atoms with Gasteiger partial charge in [-0.3, -0.25) is 9.78 Å². The predicted octanol–water partition coefficient (Wildman–Crippen LogP) is 3.90. The fourth-order valence-corrected chi connectivity index (χ4v) is 3.93. The monoisotopic (exact) mass is 298 g/mol. The second-order valence-electron chi connectivity index (χ2n) is 6.78. The van der Waals surface area contributed by atoms with E-state index in [2.05, 4.69) is 28.5 Å². The summed E-state index contributed by atoms with van der Waals surface area (Å²) in [5.41, 5.74) is 2.78. The van der Waals surface area contributed by atoms with Gasteiger partial charge < -0.3 is 5.32 Å². The Bertz CT molecular complexity index is 530. The molecule has 0 aromatic carbocycles. The van der Waals surface area contributed by atoms with E-state index < -0.39 is 0 Å². The largest absolute Gasteiger partial charge is 0.355 e. The molecular weight excluding hydrogens is 272 g/mol. The number of carbonyl (C=O) groups excluding carboxylic acids is 1. The lowest BCUT2D eigenvalue weighted by molar-refractivity contribution is -0.120. The van der Waals surface area contributed by atoms with Gasteiger partial charge in [0.25, 0.3) is 0 Å². The highest BCUT2D eigenvalue weighted by Crippen LogP contribution is 2.40. The molecule has 0 radical (unpaired) electrons. The van der Waals surface area contributed by atoms with Crippen molar-refractivity contribution in [2.75, 3.05) is 6.54 Å². The zero-order valence-electron chi connectivity index (χ0n) is 13.3. The number of carbonyl (C=O) groups is 1. The number of hydrogen-bond acceptors (Lipinski definition) is 2. The van der Waals surface area contributed by atoms with Crippen LogP contribution in [0.1, 0.15) is 63.4 Å². The van der Waals surface area contributed by atoms with Crippen LogP contribution in [0.15, 0.2) is 36.2 Å². The van der Waals surface area contributed by atoms with E-state index in [9.17, 15) is 4.79 Å². The maximum Gasteiger partial charge on any atom is 0.224 e. The lowest BCUT2D eigenvalue weighted by atomic mass is 9.79. The van der Waals surface area contributed by atoms with E-state index >= 15 is 0 Å². The average molecular weight is 298 g/mol. The quantitative estimate of drug-likeness (QED) is 0.838. The van der Waals surface area contributed by atoms with Crippen LogP contribution in [0.5, 0.6) is 0 Å². The molecule has 1 fully saturated rings. The van der Waals surface area contributed by atoms with E-state index in [4.69, 9.17) is 0 Å². The minimum Gasteiger partial charge on any atom is -0.355 e. The number of amides is 1. The molecule has 3 nitrogen and oxygen atoms in total. The van der Waals surface area contributed by atoms with Crippen molar-refractivity contribution >= 4 is 5.91 Å². The molecule has 1 heterocycles. The van der Waals surface area contributed by atoms with Crippen LogP contribution in [0.25, 0.3) is 0 Å². The molecule has 1 amide bonds. The molecule has 1 saturated carbocycles. The van der Waals surface area contributed by atoms with Crippen molar-refractivity contribution in [1.29, 1.82) is 0 Å². The number of nitrogens with zero attached hydrogens (tertiary/aromatic N) is 1. The van der Waals surface area contributed by atoms with Gasteiger partial charge in [0, 0.05) is 30.8 Å². The SMILES string of the molecule is O=C(CC1=CCCCC1)NCC1(c2ccncc2)CCCC1. The fraction of sp³-hybridized carbons (Fsp3) is 0.579. The summed E-state index contributed by atoms with van der Waals surface area (Å²) in [6.07, 6.45) is 16.2. The molecule has 22 heavy (non-hydrogen) atoms. The van der Waals surface area contributed by atoms with Crippen molar-refractivity contribution in [1.82, 2.24) is 10.3 Å². The third-order valence-electron chi connectivity index (χ3n) is 5.25. The van der Waals surface area contributed by atoms with Gasteiger partial charge in [0.2, 0.25) is 5.91 Å². The highest BCUT2D eigenvalue weighted by atomic mass is 16.1. The standard InChI is InChI=1S/C19H26N2O/c22-18(14-16-6-2-1-3-7-16)21-15-19(10-4-5-11-19)17-8-12-20-13-9-17/h6,8-9,12-13H,1-5,7,10-11,14-15H2,(H,21,22). The molecule has 1 aromatic heterocycles. The first-order chi connectivity index (χ1) is 10.8. The molecule has 118 valence electrons. The molecule has 0 saturated heterocycles. The van der Waals surface area contributed by atoms with Crippen LogP contribution < -0.4 is 5.32 Å². The Balaban J connectivity index is 1.60. The van der Waals surface area contributed by atoms with Crippen molar-refractivity contribution in [3.8, 4) is 0 Å². The van der Waals surface area contributed by atoms with Crippen LogP contribution in [0, 0.1) is 0 Å². The molecule has 1 aromatic rings. The van der Waals surface area contributed by atoms with Gasteiger partial charge in [-0.1, -0.05) is 24.5 Å². The lowest BCUT2D eigenvalue weighted by Gasteiger charge is -2.30. The van der Waals surface area contributed by atoms with Crippen molar-refractivity contribution in [2.45, 2.75) is 63.2 Å². The Kier molecular flexibility index (Phi) is 4.91. The van der Waals surface area contributed by atoms with Crippen LogP contribution in [0.4, 0.5) is 0 Å². The van der Waals surface area contributed by atoms with E-state index in [1.807, 2.05) is 12.4 Å². The van der Waals surface area contributed by atoms with E-state index in [-0.39, 0.29) is 11.3 Å². The third kappa shape index (κ3) is 3.57. The molecule has 0 bridgehead atoms. The number of nitrogens with one attached hydrogen (secondary N) is 1.